The SMILES string of the molecule is Cc1ccc(C(=O)COC(=O)c2cc(S(=O)(=O)N3CCCCC3)ccc2C)s1. The van der Waals surface area contributed by atoms with Gasteiger partial charge in [-0.25, -0.2) is 13.2 Å². The number of thiophene rings is 1. The molecule has 1 aromatic heterocycles. The van der Waals surface area contributed by atoms with E-state index in [1.54, 1.807) is 19.1 Å². The molecule has 6 nitrogen and oxygen atoms in total. The molecule has 0 atom stereocenters. The van der Waals surface area contributed by atoms with Crippen LogP contribution in [-0.2, 0) is 14.8 Å². The van der Waals surface area contributed by atoms with Gasteiger partial charge in [-0.3, -0.25) is 4.79 Å². The molecule has 1 saturated heterocycles. The molecule has 1 aliphatic rings. The summed E-state index contributed by atoms with van der Waals surface area (Å²) in [6, 6.07) is 7.99. The van der Waals surface area contributed by atoms with Gasteiger partial charge in [0.2, 0.25) is 15.8 Å². The number of Topliss-reactive ketones (excluding diaryl/α,β-unsaturated/α-hetero) is 1. The van der Waals surface area contributed by atoms with Crippen LogP contribution in [0.1, 0.15) is 49.7 Å². The maximum absolute atomic E-state index is 12.8. The number of hydrogen-bond donors (Lipinski definition) is 0. The number of piperidine rings is 1. The molecule has 1 fully saturated rings. The van der Waals surface area contributed by atoms with Gasteiger partial charge in [-0.15, -0.1) is 11.3 Å². The number of benzene rings is 1. The quantitative estimate of drug-likeness (QED) is 0.526. The molecule has 150 valence electrons. The Balaban J connectivity index is 1.75. The van der Waals surface area contributed by atoms with Crippen LogP contribution in [0, 0.1) is 13.8 Å². The predicted octanol–water partition coefficient (Wildman–Crippen LogP) is 3.58. The zero-order valence-electron chi connectivity index (χ0n) is 15.9. The minimum absolute atomic E-state index is 0.0761. The monoisotopic (exact) mass is 421 g/mol. The molecule has 0 amide bonds. The fraction of sp³-hybridized carbons (Fsp3) is 0.400. The Labute approximate surface area is 169 Å². The lowest BCUT2D eigenvalue weighted by Crippen LogP contribution is -2.35. The normalized spacial score (nSPS) is 15.4. The van der Waals surface area contributed by atoms with Crippen molar-refractivity contribution >= 4 is 33.1 Å². The van der Waals surface area contributed by atoms with E-state index in [4.69, 9.17) is 4.74 Å². The number of ketones is 1. The van der Waals surface area contributed by atoms with Crippen LogP contribution in [0.4, 0.5) is 0 Å². The summed E-state index contributed by atoms with van der Waals surface area (Å²) >= 11 is 1.34. The van der Waals surface area contributed by atoms with Gasteiger partial charge in [0.25, 0.3) is 0 Å². The molecule has 28 heavy (non-hydrogen) atoms. The van der Waals surface area contributed by atoms with Gasteiger partial charge in [-0.2, -0.15) is 4.31 Å². The van der Waals surface area contributed by atoms with Crippen LogP contribution in [0.15, 0.2) is 35.2 Å². The van der Waals surface area contributed by atoms with Gasteiger partial charge in [0.05, 0.1) is 15.3 Å². The van der Waals surface area contributed by atoms with E-state index >= 15 is 0 Å². The van der Waals surface area contributed by atoms with Crippen molar-refractivity contribution in [3.05, 3.63) is 51.2 Å². The zero-order valence-corrected chi connectivity index (χ0v) is 17.6. The molecule has 0 aliphatic carbocycles. The van der Waals surface area contributed by atoms with Crippen LogP contribution < -0.4 is 0 Å². The van der Waals surface area contributed by atoms with Crippen molar-refractivity contribution in [2.45, 2.75) is 38.0 Å². The van der Waals surface area contributed by atoms with Crippen LogP contribution in [0.5, 0.6) is 0 Å². The molecule has 0 spiro atoms. The number of sulfonamides is 1. The Morgan fingerprint density at radius 3 is 2.43 bits per heavy atom. The van der Waals surface area contributed by atoms with E-state index in [0.717, 1.165) is 24.1 Å². The van der Waals surface area contributed by atoms with E-state index in [1.165, 1.54) is 27.8 Å². The van der Waals surface area contributed by atoms with E-state index in [0.29, 0.717) is 23.5 Å². The summed E-state index contributed by atoms with van der Waals surface area (Å²) in [7, 11) is -3.65. The highest BCUT2D eigenvalue weighted by molar-refractivity contribution is 7.89. The summed E-state index contributed by atoms with van der Waals surface area (Å²) in [6.45, 7) is 4.21. The molecule has 0 bridgehead atoms. The van der Waals surface area contributed by atoms with Gasteiger partial charge >= 0.3 is 5.97 Å². The smallest absolute Gasteiger partial charge is 0.338 e. The molecule has 8 heteroatoms. The molecular weight excluding hydrogens is 398 g/mol. The number of hydrogen-bond acceptors (Lipinski definition) is 6. The van der Waals surface area contributed by atoms with Crippen molar-refractivity contribution in [3.8, 4) is 0 Å². The highest BCUT2D eigenvalue weighted by Crippen LogP contribution is 2.23. The Kier molecular flexibility index (Phi) is 6.32. The van der Waals surface area contributed by atoms with Gasteiger partial charge in [-0.1, -0.05) is 12.5 Å². The summed E-state index contributed by atoms with van der Waals surface area (Å²) in [5.41, 5.74) is 0.759. The molecule has 1 aromatic carbocycles. The van der Waals surface area contributed by atoms with Crippen LogP contribution in [-0.4, -0.2) is 44.2 Å². The van der Waals surface area contributed by atoms with E-state index in [1.807, 2.05) is 13.0 Å². The number of ether oxygens (including phenoxy) is 1. The summed E-state index contributed by atoms with van der Waals surface area (Å²) < 4.78 is 32.3. The number of nitrogens with zero attached hydrogens (tertiary/aromatic N) is 1. The molecule has 0 radical (unpaired) electrons. The second kappa shape index (κ2) is 8.55. The highest BCUT2D eigenvalue weighted by atomic mass is 32.2. The summed E-state index contributed by atoms with van der Waals surface area (Å²) in [5, 5.41) is 0. The number of carbonyl (C=O) groups excluding carboxylic acids is 2. The summed E-state index contributed by atoms with van der Waals surface area (Å²) in [5.74, 6) is -0.976. The van der Waals surface area contributed by atoms with Gasteiger partial charge in [0.15, 0.2) is 6.61 Å². The van der Waals surface area contributed by atoms with Crippen molar-refractivity contribution in [2.75, 3.05) is 19.7 Å². The van der Waals surface area contributed by atoms with E-state index in [9.17, 15) is 18.0 Å². The molecule has 2 heterocycles. The van der Waals surface area contributed by atoms with E-state index in [2.05, 4.69) is 0 Å². The van der Waals surface area contributed by atoms with Crippen LogP contribution in [0.2, 0.25) is 0 Å². The first kappa shape index (κ1) is 20.7. The predicted molar refractivity (Wildman–Crippen MR) is 107 cm³/mol. The largest absolute Gasteiger partial charge is 0.454 e. The van der Waals surface area contributed by atoms with E-state index in [-0.39, 0.29) is 22.8 Å². The maximum atomic E-state index is 12.8. The molecule has 0 saturated carbocycles. The third-order valence-corrected chi connectivity index (χ3v) is 7.67. The second-order valence-electron chi connectivity index (χ2n) is 6.85. The van der Waals surface area contributed by atoms with Crippen molar-refractivity contribution < 1.29 is 22.7 Å². The number of carbonyl (C=O) groups is 2. The minimum Gasteiger partial charge on any atom is -0.454 e. The fourth-order valence-corrected chi connectivity index (χ4v) is 5.44. The highest BCUT2D eigenvalue weighted by Gasteiger charge is 2.27. The maximum Gasteiger partial charge on any atom is 0.338 e. The third-order valence-electron chi connectivity index (χ3n) is 4.73. The molecule has 0 unspecified atom stereocenters. The first-order valence-electron chi connectivity index (χ1n) is 9.16. The Morgan fingerprint density at radius 1 is 1.07 bits per heavy atom. The Hall–Kier alpha value is -2.03. The second-order valence-corrected chi connectivity index (χ2v) is 10.1. The Morgan fingerprint density at radius 2 is 1.79 bits per heavy atom. The van der Waals surface area contributed by atoms with Crippen molar-refractivity contribution in [3.63, 3.8) is 0 Å². The van der Waals surface area contributed by atoms with Crippen molar-refractivity contribution in [1.29, 1.82) is 0 Å². The number of rotatable bonds is 6. The van der Waals surface area contributed by atoms with Crippen molar-refractivity contribution in [2.24, 2.45) is 0 Å². The first-order chi connectivity index (χ1) is 13.3. The van der Waals surface area contributed by atoms with Gasteiger partial charge in [-0.05, 0) is 56.5 Å². The fourth-order valence-electron chi connectivity index (χ4n) is 3.10. The lowest BCUT2D eigenvalue weighted by Gasteiger charge is -2.26. The lowest BCUT2D eigenvalue weighted by atomic mass is 10.1. The first-order valence-corrected chi connectivity index (χ1v) is 11.4. The van der Waals surface area contributed by atoms with Crippen LogP contribution in [0.3, 0.4) is 0 Å². The minimum atomic E-state index is -3.65. The summed E-state index contributed by atoms with van der Waals surface area (Å²) in [6.07, 6.45) is 2.70. The number of esters is 1. The number of aryl methyl sites for hydroxylation is 2. The van der Waals surface area contributed by atoms with Gasteiger partial charge in [0, 0.05) is 18.0 Å². The lowest BCUT2D eigenvalue weighted by molar-refractivity contribution is 0.0475. The molecular formula is C20H23NO5S2. The zero-order chi connectivity index (χ0) is 20.3. The van der Waals surface area contributed by atoms with E-state index < -0.39 is 16.0 Å². The van der Waals surface area contributed by atoms with Gasteiger partial charge in [0.1, 0.15) is 0 Å². The molecule has 2 aromatic rings. The third kappa shape index (κ3) is 4.51. The molecule has 3 rings (SSSR count). The average molecular weight is 422 g/mol. The Bertz CT molecular complexity index is 988. The molecule has 0 N–H and O–H groups in total. The average Bonchev–Trinajstić information content (AvgIpc) is 3.13. The van der Waals surface area contributed by atoms with Crippen molar-refractivity contribution in [1.82, 2.24) is 4.31 Å². The topological polar surface area (TPSA) is 80.8 Å². The molecule has 1 aliphatic heterocycles. The standard InChI is InChI=1S/C20H23NO5S2/c1-14-6-8-16(28(24,25)21-10-4-3-5-11-21)12-17(14)20(23)26-13-18(22)19-9-7-15(2)27-19/h6-9,12H,3-5,10-11,13H2,1-2H3. The van der Waals surface area contributed by atoms with Crippen LogP contribution >= 0.6 is 11.3 Å². The van der Waals surface area contributed by atoms with Crippen LogP contribution in [0.25, 0.3) is 0 Å². The van der Waals surface area contributed by atoms with Gasteiger partial charge < -0.3 is 4.74 Å². The summed E-state index contributed by atoms with van der Waals surface area (Å²) in [4.78, 5) is 26.2.